The maximum Gasteiger partial charge on any atom is 0.186 e. The SMILES string of the molecule is CO[C@H]1O[C@@H](CNCCCl)[C@@H]2OC(C)(C)O[C@@H]12. The van der Waals surface area contributed by atoms with Crippen LogP contribution in [0.3, 0.4) is 0 Å². The topological polar surface area (TPSA) is 49.0 Å². The number of fused-ring (bicyclic) bond motifs is 1. The molecule has 2 fully saturated rings. The van der Waals surface area contributed by atoms with E-state index in [1.807, 2.05) is 13.8 Å². The van der Waals surface area contributed by atoms with Crippen molar-refractivity contribution in [3.8, 4) is 0 Å². The zero-order valence-electron chi connectivity index (χ0n) is 10.4. The Balaban J connectivity index is 1.95. The summed E-state index contributed by atoms with van der Waals surface area (Å²) in [7, 11) is 1.62. The van der Waals surface area contributed by atoms with Crippen LogP contribution in [0.4, 0.5) is 0 Å². The maximum absolute atomic E-state index is 5.85. The van der Waals surface area contributed by atoms with Crippen molar-refractivity contribution < 1.29 is 18.9 Å². The molecule has 17 heavy (non-hydrogen) atoms. The van der Waals surface area contributed by atoms with Gasteiger partial charge < -0.3 is 24.3 Å². The molecule has 2 saturated heterocycles. The quantitative estimate of drug-likeness (QED) is 0.586. The number of hydrogen-bond acceptors (Lipinski definition) is 5. The summed E-state index contributed by atoms with van der Waals surface area (Å²) < 4.78 is 22.6. The lowest BCUT2D eigenvalue weighted by Crippen LogP contribution is -2.38. The van der Waals surface area contributed by atoms with Gasteiger partial charge >= 0.3 is 0 Å². The van der Waals surface area contributed by atoms with E-state index in [1.165, 1.54) is 0 Å². The average molecular weight is 266 g/mol. The highest BCUT2D eigenvalue weighted by Gasteiger charge is 2.55. The first-order valence-corrected chi connectivity index (χ1v) is 6.41. The molecule has 0 amide bonds. The lowest BCUT2D eigenvalue weighted by atomic mass is 10.1. The van der Waals surface area contributed by atoms with Crippen LogP contribution in [0.15, 0.2) is 0 Å². The monoisotopic (exact) mass is 265 g/mol. The first-order chi connectivity index (χ1) is 8.07. The van der Waals surface area contributed by atoms with Crippen LogP contribution in [0.25, 0.3) is 0 Å². The number of nitrogens with one attached hydrogen (secondary N) is 1. The van der Waals surface area contributed by atoms with Crippen molar-refractivity contribution in [2.24, 2.45) is 0 Å². The second-order valence-corrected chi connectivity index (χ2v) is 5.11. The first-order valence-electron chi connectivity index (χ1n) is 5.88. The van der Waals surface area contributed by atoms with Gasteiger partial charge in [0.15, 0.2) is 12.1 Å². The minimum atomic E-state index is -0.569. The van der Waals surface area contributed by atoms with E-state index in [4.69, 9.17) is 30.5 Å². The summed E-state index contributed by atoms with van der Waals surface area (Å²) in [6.45, 7) is 5.25. The highest BCUT2D eigenvalue weighted by molar-refractivity contribution is 6.18. The third-order valence-electron chi connectivity index (χ3n) is 2.96. The molecule has 0 aromatic carbocycles. The normalized spacial score (nSPS) is 39.5. The standard InChI is InChI=1S/C11H20ClNO4/c1-11(2)16-8-7(6-13-5-4-12)15-10(14-3)9(8)17-11/h7-10,13H,4-6H2,1-3H3/t7-,8-,9+,10-/m0/s1. The predicted molar refractivity (Wildman–Crippen MR) is 63.1 cm³/mol. The van der Waals surface area contributed by atoms with Gasteiger partial charge in [0, 0.05) is 26.1 Å². The van der Waals surface area contributed by atoms with Gasteiger partial charge in [-0.3, -0.25) is 0 Å². The fourth-order valence-electron chi connectivity index (χ4n) is 2.31. The average Bonchev–Trinajstić information content (AvgIpc) is 2.73. The van der Waals surface area contributed by atoms with E-state index in [1.54, 1.807) is 7.11 Å². The van der Waals surface area contributed by atoms with E-state index in [9.17, 15) is 0 Å². The highest BCUT2D eigenvalue weighted by atomic mass is 35.5. The van der Waals surface area contributed by atoms with E-state index in [0.29, 0.717) is 12.4 Å². The molecular formula is C11H20ClNO4. The van der Waals surface area contributed by atoms with Gasteiger partial charge in [-0.1, -0.05) is 0 Å². The predicted octanol–water partition coefficient (Wildman–Crippen LogP) is 0.706. The minimum absolute atomic E-state index is 0.0602. The second-order valence-electron chi connectivity index (χ2n) is 4.74. The van der Waals surface area contributed by atoms with Crippen molar-refractivity contribution in [3.63, 3.8) is 0 Å². The molecule has 0 aromatic rings. The molecule has 0 bridgehead atoms. The summed E-state index contributed by atoms with van der Waals surface area (Å²) in [6, 6.07) is 0. The molecule has 4 atom stereocenters. The molecule has 0 aromatic heterocycles. The van der Waals surface area contributed by atoms with Crippen molar-refractivity contribution in [3.05, 3.63) is 0 Å². The van der Waals surface area contributed by atoms with Gasteiger partial charge in [-0.05, 0) is 13.8 Å². The van der Waals surface area contributed by atoms with Crippen LogP contribution in [-0.4, -0.2) is 56.5 Å². The van der Waals surface area contributed by atoms with Crippen molar-refractivity contribution >= 4 is 11.6 Å². The van der Waals surface area contributed by atoms with Gasteiger partial charge in [-0.2, -0.15) is 0 Å². The molecule has 6 heteroatoms. The third-order valence-corrected chi connectivity index (χ3v) is 3.15. The molecule has 1 N–H and O–H groups in total. The fraction of sp³-hybridized carbons (Fsp3) is 1.00. The maximum atomic E-state index is 5.85. The van der Waals surface area contributed by atoms with Crippen LogP contribution < -0.4 is 5.32 Å². The van der Waals surface area contributed by atoms with Crippen molar-refractivity contribution in [1.29, 1.82) is 0 Å². The second kappa shape index (κ2) is 5.38. The summed E-state index contributed by atoms with van der Waals surface area (Å²) in [5, 5.41) is 3.21. The van der Waals surface area contributed by atoms with Crippen LogP contribution >= 0.6 is 11.6 Å². The summed E-state index contributed by atoms with van der Waals surface area (Å²) in [4.78, 5) is 0. The first kappa shape index (κ1) is 13.5. The van der Waals surface area contributed by atoms with Gasteiger partial charge in [0.25, 0.3) is 0 Å². The largest absolute Gasteiger partial charge is 0.353 e. The molecule has 5 nitrogen and oxygen atoms in total. The van der Waals surface area contributed by atoms with E-state index in [-0.39, 0.29) is 24.6 Å². The van der Waals surface area contributed by atoms with Crippen molar-refractivity contribution in [2.75, 3.05) is 26.1 Å². The summed E-state index contributed by atoms with van der Waals surface area (Å²) in [5.74, 6) is 0.0119. The van der Waals surface area contributed by atoms with Crippen molar-refractivity contribution in [1.82, 2.24) is 5.32 Å². The summed E-state index contributed by atoms with van der Waals surface area (Å²) in [5.41, 5.74) is 0. The van der Waals surface area contributed by atoms with Crippen LogP contribution in [0.5, 0.6) is 0 Å². The molecule has 0 saturated carbocycles. The summed E-state index contributed by atoms with van der Waals surface area (Å²) in [6.07, 6.45) is -0.657. The number of ether oxygens (including phenoxy) is 4. The number of hydrogen-bond donors (Lipinski definition) is 1. The Bertz CT molecular complexity index is 264. The molecule has 100 valence electrons. The molecule has 0 aliphatic carbocycles. The van der Waals surface area contributed by atoms with Crippen LogP contribution in [0, 0.1) is 0 Å². The summed E-state index contributed by atoms with van der Waals surface area (Å²) >= 11 is 5.62. The number of methoxy groups -OCH3 is 1. The van der Waals surface area contributed by atoms with Gasteiger partial charge in [0.05, 0.1) is 0 Å². The van der Waals surface area contributed by atoms with Crippen LogP contribution in [0.1, 0.15) is 13.8 Å². The number of rotatable bonds is 5. The van der Waals surface area contributed by atoms with Crippen molar-refractivity contribution in [2.45, 2.75) is 44.2 Å². The third kappa shape index (κ3) is 2.92. The van der Waals surface area contributed by atoms with Gasteiger partial charge in [0.2, 0.25) is 0 Å². The Hall–Kier alpha value is 0.0900. The van der Waals surface area contributed by atoms with E-state index < -0.39 is 5.79 Å². The van der Waals surface area contributed by atoms with Gasteiger partial charge in [-0.15, -0.1) is 11.6 Å². The molecule has 2 aliphatic rings. The molecule has 2 rings (SSSR count). The molecule has 0 spiro atoms. The molecule has 0 radical (unpaired) electrons. The molecule has 0 unspecified atom stereocenters. The van der Waals surface area contributed by atoms with E-state index in [0.717, 1.165) is 6.54 Å². The number of alkyl halides is 1. The van der Waals surface area contributed by atoms with Gasteiger partial charge in [-0.25, -0.2) is 0 Å². The Morgan fingerprint density at radius 1 is 1.29 bits per heavy atom. The Kier molecular flexibility index (Phi) is 4.28. The fourth-order valence-corrected chi connectivity index (χ4v) is 2.44. The lowest BCUT2D eigenvalue weighted by molar-refractivity contribution is -0.226. The lowest BCUT2D eigenvalue weighted by Gasteiger charge is -2.23. The minimum Gasteiger partial charge on any atom is -0.353 e. The molecular weight excluding hydrogens is 246 g/mol. The zero-order chi connectivity index (χ0) is 12.5. The van der Waals surface area contributed by atoms with E-state index in [2.05, 4.69) is 5.32 Å². The van der Waals surface area contributed by atoms with Gasteiger partial charge in [0.1, 0.15) is 18.3 Å². The highest BCUT2D eigenvalue weighted by Crippen LogP contribution is 2.38. The van der Waals surface area contributed by atoms with Crippen LogP contribution in [-0.2, 0) is 18.9 Å². The smallest absolute Gasteiger partial charge is 0.186 e. The Morgan fingerprint density at radius 3 is 2.65 bits per heavy atom. The Morgan fingerprint density at radius 2 is 2.00 bits per heavy atom. The molecule has 2 heterocycles. The Labute approximate surface area is 107 Å². The zero-order valence-corrected chi connectivity index (χ0v) is 11.2. The molecule has 2 aliphatic heterocycles. The van der Waals surface area contributed by atoms with E-state index >= 15 is 0 Å². The number of halogens is 1. The van der Waals surface area contributed by atoms with Crippen LogP contribution in [0.2, 0.25) is 0 Å².